The Morgan fingerprint density at radius 2 is 1.12 bits per heavy atom. The molecule has 92 valence electrons. The molecule has 0 aromatic rings. The van der Waals surface area contributed by atoms with Crippen molar-refractivity contribution in [3.05, 3.63) is 24.3 Å². The van der Waals surface area contributed by atoms with Crippen LogP contribution in [0.2, 0.25) is 0 Å². The second-order valence-corrected chi connectivity index (χ2v) is 6.83. The molecular weight excluding hydrogens is 204 g/mol. The lowest BCUT2D eigenvalue weighted by molar-refractivity contribution is 0.184. The van der Waals surface area contributed by atoms with Crippen molar-refractivity contribution in [3.8, 4) is 0 Å². The Morgan fingerprint density at radius 3 is 1.65 bits per heavy atom. The molecule has 3 fully saturated rings. The van der Waals surface area contributed by atoms with E-state index in [0.29, 0.717) is 5.41 Å². The summed E-state index contributed by atoms with van der Waals surface area (Å²) < 4.78 is 0. The quantitative estimate of drug-likeness (QED) is 0.562. The second kappa shape index (κ2) is 3.73. The van der Waals surface area contributed by atoms with Crippen molar-refractivity contribution in [2.75, 3.05) is 0 Å². The summed E-state index contributed by atoms with van der Waals surface area (Å²) in [5, 5.41) is 0. The molecule has 0 nitrogen and oxygen atoms in total. The summed E-state index contributed by atoms with van der Waals surface area (Å²) in [6.45, 7) is 0. The minimum absolute atomic E-state index is 0.510. The Labute approximate surface area is 105 Å². The molecule has 0 aromatic carbocycles. The molecule has 0 aliphatic heterocycles. The lowest BCUT2D eigenvalue weighted by Crippen LogP contribution is -2.30. The summed E-state index contributed by atoms with van der Waals surface area (Å²) >= 11 is 0. The van der Waals surface area contributed by atoms with Crippen LogP contribution in [0.25, 0.3) is 0 Å². The van der Waals surface area contributed by atoms with Crippen LogP contribution in [-0.4, -0.2) is 0 Å². The molecule has 4 rings (SSSR count). The van der Waals surface area contributed by atoms with E-state index >= 15 is 0 Å². The van der Waals surface area contributed by atoms with Crippen LogP contribution in [0.5, 0.6) is 0 Å². The van der Waals surface area contributed by atoms with Crippen molar-refractivity contribution in [2.24, 2.45) is 29.1 Å². The van der Waals surface area contributed by atoms with Crippen LogP contribution in [0.1, 0.15) is 51.4 Å². The van der Waals surface area contributed by atoms with Crippen LogP contribution < -0.4 is 0 Å². The van der Waals surface area contributed by atoms with Crippen LogP contribution in [-0.2, 0) is 0 Å². The molecule has 4 aliphatic carbocycles. The van der Waals surface area contributed by atoms with E-state index in [1.807, 2.05) is 0 Å². The van der Waals surface area contributed by atoms with Gasteiger partial charge in [0.05, 0.1) is 0 Å². The molecule has 4 aliphatic rings. The molecule has 0 heteroatoms. The maximum atomic E-state index is 2.59. The first kappa shape index (κ1) is 10.4. The van der Waals surface area contributed by atoms with Crippen molar-refractivity contribution < 1.29 is 0 Å². The van der Waals surface area contributed by atoms with Gasteiger partial charge in [-0.2, -0.15) is 0 Å². The van der Waals surface area contributed by atoms with E-state index in [0.717, 1.165) is 23.7 Å². The van der Waals surface area contributed by atoms with Crippen LogP contribution in [0, 0.1) is 29.1 Å². The van der Waals surface area contributed by atoms with Gasteiger partial charge in [-0.05, 0) is 49.4 Å². The van der Waals surface area contributed by atoms with Gasteiger partial charge in [-0.3, -0.25) is 0 Å². The highest BCUT2D eigenvalue weighted by Gasteiger charge is 2.57. The second-order valence-electron chi connectivity index (χ2n) is 6.83. The summed E-state index contributed by atoms with van der Waals surface area (Å²) in [4.78, 5) is 0. The first-order valence-corrected chi connectivity index (χ1v) is 7.79. The molecule has 17 heavy (non-hydrogen) atoms. The highest BCUT2D eigenvalue weighted by atomic mass is 14.6. The number of hydrogen-bond acceptors (Lipinski definition) is 0. The van der Waals surface area contributed by atoms with Crippen molar-refractivity contribution >= 4 is 0 Å². The van der Waals surface area contributed by atoms with Crippen molar-refractivity contribution in [3.63, 3.8) is 0 Å². The molecular formula is C17H24. The van der Waals surface area contributed by atoms with Gasteiger partial charge < -0.3 is 0 Å². The maximum absolute atomic E-state index is 2.59. The zero-order valence-electron chi connectivity index (χ0n) is 10.8. The van der Waals surface area contributed by atoms with E-state index in [1.54, 1.807) is 0 Å². The van der Waals surface area contributed by atoms with Gasteiger partial charge in [0, 0.05) is 5.41 Å². The molecule has 0 amide bonds. The van der Waals surface area contributed by atoms with Gasteiger partial charge in [0.1, 0.15) is 0 Å². The summed E-state index contributed by atoms with van der Waals surface area (Å²) in [6, 6.07) is 0. The first-order chi connectivity index (χ1) is 8.42. The number of hydrogen-bond donors (Lipinski definition) is 0. The Balaban J connectivity index is 1.77. The summed E-state index contributed by atoms with van der Waals surface area (Å²) in [7, 11) is 0. The lowest BCUT2D eigenvalue weighted by atomic mass is 9.66. The molecule has 0 N–H and O–H groups in total. The van der Waals surface area contributed by atoms with Crippen LogP contribution >= 0.6 is 0 Å². The van der Waals surface area contributed by atoms with E-state index < -0.39 is 0 Å². The molecule has 0 saturated heterocycles. The van der Waals surface area contributed by atoms with Gasteiger partial charge in [0.25, 0.3) is 0 Å². The van der Waals surface area contributed by atoms with E-state index in [-0.39, 0.29) is 0 Å². The standard InChI is InChI=1S/C17H24/c1-3-9-15-13(7-1)14-8-2-4-10-16(14)17(15)11-5-6-12-17/h5-6,11-16H,1-4,7-10H2. The minimum atomic E-state index is 0.510. The summed E-state index contributed by atoms with van der Waals surface area (Å²) in [6.07, 6.45) is 21.9. The number of rotatable bonds is 0. The van der Waals surface area contributed by atoms with E-state index in [4.69, 9.17) is 0 Å². The largest absolute Gasteiger partial charge is 0.0740 e. The molecule has 1 spiro atoms. The van der Waals surface area contributed by atoms with Gasteiger partial charge in [-0.1, -0.05) is 50.0 Å². The van der Waals surface area contributed by atoms with Crippen LogP contribution in [0.4, 0.5) is 0 Å². The molecule has 4 unspecified atom stereocenters. The molecule has 0 radical (unpaired) electrons. The molecule has 0 aromatic heterocycles. The van der Waals surface area contributed by atoms with Gasteiger partial charge in [0.15, 0.2) is 0 Å². The smallest absolute Gasteiger partial charge is 0.0129 e. The fraction of sp³-hybridized carbons (Fsp3) is 0.765. The Kier molecular flexibility index (Phi) is 2.29. The predicted octanol–water partition coefficient (Wildman–Crippen LogP) is 4.73. The third-order valence-corrected chi connectivity index (χ3v) is 6.35. The van der Waals surface area contributed by atoms with Crippen molar-refractivity contribution in [1.29, 1.82) is 0 Å². The monoisotopic (exact) mass is 228 g/mol. The van der Waals surface area contributed by atoms with Gasteiger partial charge in [-0.15, -0.1) is 0 Å². The third-order valence-electron chi connectivity index (χ3n) is 6.35. The van der Waals surface area contributed by atoms with Crippen LogP contribution in [0.15, 0.2) is 24.3 Å². The zero-order chi connectivity index (χ0) is 11.3. The van der Waals surface area contributed by atoms with E-state index in [2.05, 4.69) is 24.3 Å². The zero-order valence-corrected chi connectivity index (χ0v) is 10.8. The SMILES string of the molecule is C1=CC2(C=C1)C1CCCCC1C1CCCCC12. The van der Waals surface area contributed by atoms with Gasteiger partial charge in [-0.25, -0.2) is 0 Å². The molecule has 3 saturated carbocycles. The average molecular weight is 228 g/mol. The Morgan fingerprint density at radius 1 is 0.647 bits per heavy atom. The highest BCUT2D eigenvalue weighted by Crippen LogP contribution is 2.65. The summed E-state index contributed by atoms with van der Waals surface area (Å²) in [5.74, 6) is 4.14. The maximum Gasteiger partial charge on any atom is 0.0129 e. The first-order valence-electron chi connectivity index (χ1n) is 7.79. The Hall–Kier alpha value is -0.520. The fourth-order valence-electron chi connectivity index (χ4n) is 5.85. The average Bonchev–Trinajstić information content (AvgIpc) is 2.98. The Bertz CT molecular complexity index is 326. The topological polar surface area (TPSA) is 0 Å². The predicted molar refractivity (Wildman–Crippen MR) is 71.6 cm³/mol. The van der Waals surface area contributed by atoms with Crippen LogP contribution in [0.3, 0.4) is 0 Å². The van der Waals surface area contributed by atoms with Crippen molar-refractivity contribution in [2.45, 2.75) is 51.4 Å². The summed E-state index contributed by atoms with van der Waals surface area (Å²) in [5.41, 5.74) is 0.510. The normalized spacial score (nSPS) is 46.1. The minimum Gasteiger partial charge on any atom is -0.0740 e. The third kappa shape index (κ3) is 1.30. The van der Waals surface area contributed by atoms with E-state index in [1.165, 1.54) is 51.4 Å². The van der Waals surface area contributed by atoms with Gasteiger partial charge in [0.2, 0.25) is 0 Å². The molecule has 0 heterocycles. The molecule has 0 bridgehead atoms. The van der Waals surface area contributed by atoms with Gasteiger partial charge >= 0.3 is 0 Å². The van der Waals surface area contributed by atoms with Crippen molar-refractivity contribution in [1.82, 2.24) is 0 Å². The van der Waals surface area contributed by atoms with E-state index in [9.17, 15) is 0 Å². The highest BCUT2D eigenvalue weighted by molar-refractivity contribution is 5.32. The number of fused-ring (bicyclic) bond motifs is 5. The number of allylic oxidation sites excluding steroid dienone is 4. The fourth-order valence-corrected chi connectivity index (χ4v) is 5.85. The molecule has 4 atom stereocenters. The lowest BCUT2D eigenvalue weighted by Gasteiger charge is -2.37.